The number of aliphatic imine (C=N–C) groups is 1. The first-order valence-electron chi connectivity index (χ1n) is 8.13. The molecule has 0 amide bonds. The summed E-state index contributed by atoms with van der Waals surface area (Å²) in [5.41, 5.74) is 0.808. The van der Waals surface area contributed by atoms with Gasteiger partial charge < -0.3 is 20.1 Å². The smallest absolute Gasteiger partial charge is 0.422 e. The van der Waals surface area contributed by atoms with Crippen LogP contribution in [-0.2, 0) is 16.1 Å². The second kappa shape index (κ2) is 12.6. The van der Waals surface area contributed by atoms with Crippen LogP contribution in [0, 0.1) is 5.92 Å². The first-order valence-corrected chi connectivity index (χ1v) is 8.13. The number of hydrogen-bond acceptors (Lipinski definition) is 4. The van der Waals surface area contributed by atoms with Crippen LogP contribution in [0.25, 0.3) is 0 Å². The Balaban J connectivity index is 0.00000676. The van der Waals surface area contributed by atoms with Gasteiger partial charge in [-0.3, -0.25) is 4.79 Å². The minimum Gasteiger partial charge on any atom is -0.484 e. The van der Waals surface area contributed by atoms with E-state index in [-0.39, 0.29) is 41.6 Å². The number of halogens is 4. The van der Waals surface area contributed by atoms with Crippen molar-refractivity contribution in [1.29, 1.82) is 0 Å². The fraction of sp³-hybridized carbons (Fsp3) is 0.529. The van der Waals surface area contributed by atoms with Gasteiger partial charge in [0, 0.05) is 13.1 Å². The second-order valence-electron chi connectivity index (χ2n) is 5.55. The Labute approximate surface area is 173 Å². The molecule has 6 nitrogen and oxygen atoms in total. The molecule has 1 rings (SSSR count). The van der Waals surface area contributed by atoms with Gasteiger partial charge in [0.15, 0.2) is 12.6 Å². The Morgan fingerprint density at radius 3 is 2.37 bits per heavy atom. The van der Waals surface area contributed by atoms with Crippen LogP contribution in [0.3, 0.4) is 0 Å². The van der Waals surface area contributed by atoms with Gasteiger partial charge in [-0.2, -0.15) is 13.2 Å². The fourth-order valence-electron chi connectivity index (χ4n) is 1.90. The third-order valence-electron chi connectivity index (χ3n) is 3.27. The van der Waals surface area contributed by atoms with Crippen molar-refractivity contribution in [2.45, 2.75) is 26.6 Å². The highest BCUT2D eigenvalue weighted by molar-refractivity contribution is 14.0. The van der Waals surface area contributed by atoms with Gasteiger partial charge in [0.05, 0.1) is 19.6 Å². The number of methoxy groups -OCH3 is 1. The number of alkyl halides is 3. The van der Waals surface area contributed by atoms with Crippen LogP contribution in [0.5, 0.6) is 5.75 Å². The van der Waals surface area contributed by atoms with E-state index < -0.39 is 12.8 Å². The number of hydrogen-bond donors (Lipinski definition) is 2. The molecule has 0 saturated heterocycles. The summed E-state index contributed by atoms with van der Waals surface area (Å²) in [5.74, 6) is 0.0318. The number of nitrogens with zero attached hydrogens (tertiary/aromatic N) is 1. The molecule has 2 N–H and O–H groups in total. The molecule has 0 heterocycles. The van der Waals surface area contributed by atoms with E-state index in [0.717, 1.165) is 5.56 Å². The van der Waals surface area contributed by atoms with E-state index >= 15 is 0 Å². The van der Waals surface area contributed by atoms with Crippen LogP contribution in [0.4, 0.5) is 13.2 Å². The number of rotatable bonds is 8. The number of benzene rings is 1. The van der Waals surface area contributed by atoms with Gasteiger partial charge >= 0.3 is 12.1 Å². The van der Waals surface area contributed by atoms with Gasteiger partial charge in [-0.25, -0.2) is 4.99 Å². The molecule has 0 aliphatic heterocycles. The van der Waals surface area contributed by atoms with Crippen molar-refractivity contribution in [1.82, 2.24) is 10.6 Å². The number of nitrogens with one attached hydrogen (secondary N) is 2. The highest BCUT2D eigenvalue weighted by atomic mass is 127. The number of carbonyl (C=O) groups is 1. The summed E-state index contributed by atoms with van der Waals surface area (Å²) in [6.45, 7) is 3.65. The maximum Gasteiger partial charge on any atom is 0.422 e. The maximum absolute atomic E-state index is 12.1. The second-order valence-corrected chi connectivity index (χ2v) is 5.55. The van der Waals surface area contributed by atoms with Crippen molar-refractivity contribution < 1.29 is 27.4 Å². The first kappa shape index (κ1) is 25.3. The third kappa shape index (κ3) is 10.9. The highest BCUT2D eigenvalue weighted by Crippen LogP contribution is 2.19. The monoisotopic (exact) mass is 503 g/mol. The van der Waals surface area contributed by atoms with Crippen molar-refractivity contribution in [3.8, 4) is 5.75 Å². The van der Waals surface area contributed by atoms with Crippen LogP contribution >= 0.6 is 24.0 Å². The number of guanidine groups is 1. The molecule has 0 bridgehead atoms. The molecule has 0 radical (unpaired) electrons. The minimum atomic E-state index is -4.36. The predicted molar refractivity (Wildman–Crippen MR) is 107 cm³/mol. The van der Waals surface area contributed by atoms with Crippen LogP contribution < -0.4 is 15.4 Å². The molecule has 154 valence electrons. The van der Waals surface area contributed by atoms with E-state index in [1.165, 1.54) is 19.2 Å². The Morgan fingerprint density at radius 2 is 1.85 bits per heavy atom. The lowest BCUT2D eigenvalue weighted by atomic mass is 10.2. The predicted octanol–water partition coefficient (Wildman–Crippen LogP) is 3.11. The van der Waals surface area contributed by atoms with E-state index in [0.29, 0.717) is 25.6 Å². The highest BCUT2D eigenvalue weighted by Gasteiger charge is 2.28. The van der Waals surface area contributed by atoms with Crippen molar-refractivity contribution in [2.75, 3.05) is 26.8 Å². The van der Waals surface area contributed by atoms with Gasteiger partial charge in [-0.15, -0.1) is 24.0 Å². The molecule has 10 heteroatoms. The SMILES string of the molecule is CCNC(=NCc1ccc(OCC(F)(F)F)cc1)NCC(C)C(=O)OC.I. The summed E-state index contributed by atoms with van der Waals surface area (Å²) in [5, 5.41) is 6.09. The zero-order valence-corrected chi connectivity index (χ0v) is 17.8. The molecule has 0 aromatic heterocycles. The lowest BCUT2D eigenvalue weighted by molar-refractivity contribution is -0.153. The number of esters is 1. The molecule has 27 heavy (non-hydrogen) atoms. The van der Waals surface area contributed by atoms with Crippen LogP contribution in [0.2, 0.25) is 0 Å². The molecule has 0 aliphatic carbocycles. The molecule has 0 aliphatic rings. The molecular weight excluding hydrogens is 478 g/mol. The van der Waals surface area contributed by atoms with E-state index in [4.69, 9.17) is 0 Å². The number of ether oxygens (including phenoxy) is 2. The van der Waals surface area contributed by atoms with Crippen LogP contribution in [0.15, 0.2) is 29.3 Å². The molecule has 0 saturated carbocycles. The Kier molecular flexibility index (Phi) is 11.8. The summed E-state index contributed by atoms with van der Waals surface area (Å²) in [7, 11) is 1.33. The maximum atomic E-state index is 12.1. The average molecular weight is 503 g/mol. The topological polar surface area (TPSA) is 72.0 Å². The van der Waals surface area contributed by atoms with E-state index in [1.807, 2.05) is 6.92 Å². The quantitative estimate of drug-likeness (QED) is 0.247. The summed E-state index contributed by atoms with van der Waals surface area (Å²) in [6.07, 6.45) is -4.36. The lowest BCUT2D eigenvalue weighted by Gasteiger charge is -2.14. The van der Waals surface area contributed by atoms with Gasteiger partial charge in [0.25, 0.3) is 0 Å². The molecule has 1 atom stereocenters. The standard InChI is InChI=1S/C17H24F3N3O3.HI/c1-4-21-16(22-9-12(2)15(24)25-3)23-10-13-5-7-14(8-6-13)26-11-17(18,19)20;/h5-8,12H,4,9-11H2,1-3H3,(H2,21,22,23);1H. The molecule has 0 spiro atoms. The van der Waals surface area contributed by atoms with Crippen molar-refractivity contribution in [2.24, 2.45) is 10.9 Å². The molecule has 1 unspecified atom stereocenters. The largest absolute Gasteiger partial charge is 0.484 e. The van der Waals surface area contributed by atoms with Gasteiger partial charge in [0.1, 0.15) is 5.75 Å². The molecule has 0 fully saturated rings. The number of carbonyl (C=O) groups excluding carboxylic acids is 1. The lowest BCUT2D eigenvalue weighted by Crippen LogP contribution is -2.40. The van der Waals surface area contributed by atoms with Gasteiger partial charge in [-0.05, 0) is 24.6 Å². The summed E-state index contributed by atoms with van der Waals surface area (Å²) in [6, 6.07) is 6.23. The third-order valence-corrected chi connectivity index (χ3v) is 3.27. The van der Waals surface area contributed by atoms with E-state index in [1.54, 1.807) is 19.1 Å². The zero-order valence-electron chi connectivity index (χ0n) is 15.4. The Morgan fingerprint density at radius 1 is 1.22 bits per heavy atom. The van der Waals surface area contributed by atoms with Crippen molar-refractivity contribution >= 4 is 35.9 Å². The Bertz CT molecular complexity index is 595. The fourth-order valence-corrected chi connectivity index (χ4v) is 1.90. The zero-order chi connectivity index (χ0) is 19.6. The van der Waals surface area contributed by atoms with Crippen LogP contribution in [-0.4, -0.2) is 44.9 Å². The van der Waals surface area contributed by atoms with E-state index in [9.17, 15) is 18.0 Å². The van der Waals surface area contributed by atoms with Gasteiger partial charge in [0.2, 0.25) is 0 Å². The first-order chi connectivity index (χ1) is 12.2. The van der Waals surface area contributed by atoms with Crippen molar-refractivity contribution in [3.05, 3.63) is 29.8 Å². The molecular formula is C17H25F3IN3O3. The molecule has 1 aromatic carbocycles. The van der Waals surface area contributed by atoms with E-state index in [2.05, 4.69) is 25.1 Å². The summed E-state index contributed by atoms with van der Waals surface area (Å²) < 4.78 is 45.7. The minimum absolute atomic E-state index is 0. The molecule has 1 aromatic rings. The normalized spacial score (nSPS) is 12.6. The summed E-state index contributed by atoms with van der Waals surface area (Å²) in [4.78, 5) is 15.8. The van der Waals surface area contributed by atoms with Crippen molar-refractivity contribution in [3.63, 3.8) is 0 Å². The average Bonchev–Trinajstić information content (AvgIpc) is 2.61. The van der Waals surface area contributed by atoms with Gasteiger partial charge in [-0.1, -0.05) is 19.1 Å². The van der Waals surface area contributed by atoms with Crippen LogP contribution in [0.1, 0.15) is 19.4 Å². The Hall–Kier alpha value is -1.72. The summed E-state index contributed by atoms with van der Waals surface area (Å²) >= 11 is 0.